The first kappa shape index (κ1) is 30.7. The maximum atomic E-state index is 13.8. The van der Waals surface area contributed by atoms with Gasteiger partial charge in [0.1, 0.15) is 5.52 Å². The van der Waals surface area contributed by atoms with Gasteiger partial charge in [0, 0.05) is 25.6 Å². The number of benzene rings is 3. The van der Waals surface area contributed by atoms with Crippen LogP contribution >= 0.6 is 0 Å². The molecule has 0 amide bonds. The van der Waals surface area contributed by atoms with Crippen molar-refractivity contribution in [3.8, 4) is 0 Å². The van der Waals surface area contributed by atoms with Gasteiger partial charge in [-0.3, -0.25) is 4.79 Å². The highest BCUT2D eigenvalue weighted by atomic mass is 32.2. The van der Waals surface area contributed by atoms with Crippen molar-refractivity contribution in [3.63, 3.8) is 0 Å². The molecule has 0 spiro atoms. The molecule has 1 aliphatic heterocycles. The van der Waals surface area contributed by atoms with E-state index in [1.54, 1.807) is 4.68 Å². The second kappa shape index (κ2) is 11.4. The second-order valence-electron chi connectivity index (χ2n) is 11.3. The molecular weight excluding hydrogens is 581 g/mol. The Morgan fingerprint density at radius 1 is 1.12 bits per heavy atom. The summed E-state index contributed by atoms with van der Waals surface area (Å²) in [6.07, 6.45) is -4.56. The fourth-order valence-electron chi connectivity index (χ4n) is 5.96. The minimum atomic E-state index is -4.68. The molecule has 1 aromatic heterocycles. The Morgan fingerprint density at radius 3 is 2.53 bits per heavy atom. The van der Waals surface area contributed by atoms with Gasteiger partial charge in [-0.15, -0.1) is 5.10 Å². The summed E-state index contributed by atoms with van der Waals surface area (Å²) in [7, 11) is -4.26. The standard InChI is InChI=1S/C31H33F3N4O4S/c1-5-38-27-11-10-25(20(4)30(27)35-36-38)26(15-29(39)40)21-7-6-19(3)23(13-21)17-37-16-18(2)12-22-8-9-24(31(32,33)34)14-28(22)43(37,41)42/h6-11,13-14,18,26H,5,12,15-17H2,1-4H3,(H,39,40)/t18-,26-/m0/s1. The lowest BCUT2D eigenvalue weighted by Gasteiger charge is -2.25. The van der Waals surface area contributed by atoms with Crippen LogP contribution in [0.5, 0.6) is 0 Å². The maximum Gasteiger partial charge on any atom is 0.416 e. The fraction of sp³-hybridized carbons (Fsp3) is 0.387. The van der Waals surface area contributed by atoms with Gasteiger partial charge in [0.15, 0.2) is 0 Å². The van der Waals surface area contributed by atoms with Gasteiger partial charge in [-0.2, -0.15) is 17.5 Å². The average molecular weight is 615 g/mol. The van der Waals surface area contributed by atoms with Crippen LogP contribution < -0.4 is 0 Å². The van der Waals surface area contributed by atoms with Crippen molar-refractivity contribution in [2.24, 2.45) is 5.92 Å². The summed E-state index contributed by atoms with van der Waals surface area (Å²) in [5.41, 5.74) is 4.59. The molecule has 8 nitrogen and oxygen atoms in total. The highest BCUT2D eigenvalue weighted by Crippen LogP contribution is 2.37. The number of aromatic nitrogens is 3. The topological polar surface area (TPSA) is 105 Å². The number of hydrogen-bond donors (Lipinski definition) is 1. The van der Waals surface area contributed by atoms with Crippen LogP contribution in [0.3, 0.4) is 0 Å². The molecule has 4 aromatic rings. The molecule has 2 atom stereocenters. The summed E-state index contributed by atoms with van der Waals surface area (Å²) >= 11 is 0. The minimum absolute atomic E-state index is 0.0648. The number of fused-ring (bicyclic) bond motifs is 2. The molecule has 12 heteroatoms. The summed E-state index contributed by atoms with van der Waals surface area (Å²) in [5.74, 6) is -1.69. The van der Waals surface area contributed by atoms with Gasteiger partial charge in [0.05, 0.1) is 22.4 Å². The van der Waals surface area contributed by atoms with Crippen LogP contribution in [0.4, 0.5) is 13.2 Å². The van der Waals surface area contributed by atoms with Gasteiger partial charge < -0.3 is 5.11 Å². The molecule has 1 N–H and O–H groups in total. The van der Waals surface area contributed by atoms with Gasteiger partial charge in [0.25, 0.3) is 0 Å². The number of carboxylic acid groups (broad SMARTS) is 1. The third-order valence-electron chi connectivity index (χ3n) is 8.25. The van der Waals surface area contributed by atoms with E-state index in [4.69, 9.17) is 0 Å². The number of carbonyl (C=O) groups is 1. The van der Waals surface area contributed by atoms with Crippen LogP contribution in [0.15, 0.2) is 53.4 Å². The molecule has 0 saturated carbocycles. The Kier molecular flexibility index (Phi) is 8.12. The zero-order chi connectivity index (χ0) is 31.3. The lowest BCUT2D eigenvalue weighted by atomic mass is 9.84. The van der Waals surface area contributed by atoms with Crippen LogP contribution in [-0.4, -0.2) is 45.3 Å². The van der Waals surface area contributed by atoms with Crippen LogP contribution in [0.1, 0.15) is 65.1 Å². The Morgan fingerprint density at radius 2 is 1.86 bits per heavy atom. The maximum absolute atomic E-state index is 13.8. The smallest absolute Gasteiger partial charge is 0.416 e. The number of rotatable bonds is 7. The lowest BCUT2D eigenvalue weighted by molar-refractivity contribution is -0.138. The molecular formula is C31H33F3N4O4S. The number of halogens is 3. The van der Waals surface area contributed by atoms with E-state index in [9.17, 15) is 31.5 Å². The molecule has 1 aliphatic rings. The molecule has 0 radical (unpaired) electrons. The van der Waals surface area contributed by atoms with Crippen molar-refractivity contribution < 1.29 is 31.5 Å². The Bertz CT molecular complexity index is 1820. The number of nitrogens with zero attached hydrogens (tertiary/aromatic N) is 4. The lowest BCUT2D eigenvalue weighted by Crippen LogP contribution is -2.33. The molecule has 43 heavy (non-hydrogen) atoms. The zero-order valence-corrected chi connectivity index (χ0v) is 25.1. The number of carboxylic acids is 1. The Hall–Kier alpha value is -3.77. The predicted octanol–water partition coefficient (Wildman–Crippen LogP) is 6.08. The van der Waals surface area contributed by atoms with Crippen molar-refractivity contribution in [1.29, 1.82) is 0 Å². The van der Waals surface area contributed by atoms with Crippen molar-refractivity contribution in [1.82, 2.24) is 19.3 Å². The van der Waals surface area contributed by atoms with Crippen LogP contribution in [0.2, 0.25) is 0 Å². The van der Waals surface area contributed by atoms with Crippen LogP contribution in [-0.2, 0) is 40.5 Å². The zero-order valence-electron chi connectivity index (χ0n) is 24.3. The van der Waals surface area contributed by atoms with E-state index in [1.165, 1.54) is 10.4 Å². The Labute approximate surface area is 248 Å². The van der Waals surface area contributed by atoms with E-state index in [0.29, 0.717) is 35.2 Å². The monoisotopic (exact) mass is 614 g/mol. The first-order valence-corrected chi connectivity index (χ1v) is 15.5. The fourth-order valence-corrected chi connectivity index (χ4v) is 7.75. The number of hydrogen-bond acceptors (Lipinski definition) is 5. The molecule has 0 fully saturated rings. The summed E-state index contributed by atoms with van der Waals surface area (Å²) in [6.45, 7) is 8.24. The van der Waals surface area contributed by atoms with Gasteiger partial charge in [-0.1, -0.05) is 42.5 Å². The van der Waals surface area contributed by atoms with Gasteiger partial charge in [0.2, 0.25) is 10.0 Å². The molecule has 228 valence electrons. The van der Waals surface area contributed by atoms with Crippen molar-refractivity contribution >= 4 is 27.0 Å². The molecule has 0 aliphatic carbocycles. The van der Waals surface area contributed by atoms with E-state index in [-0.39, 0.29) is 30.3 Å². The minimum Gasteiger partial charge on any atom is -0.481 e. The van der Waals surface area contributed by atoms with E-state index in [1.807, 2.05) is 58.0 Å². The largest absolute Gasteiger partial charge is 0.481 e. The Balaban J connectivity index is 1.56. The third-order valence-corrected chi connectivity index (χ3v) is 10.1. The number of aryl methyl sites for hydroxylation is 3. The average Bonchev–Trinajstić information content (AvgIpc) is 3.33. The number of aliphatic carboxylic acids is 1. The molecule has 0 saturated heterocycles. The van der Waals surface area contributed by atoms with Crippen LogP contribution in [0.25, 0.3) is 11.0 Å². The van der Waals surface area contributed by atoms with E-state index >= 15 is 0 Å². The van der Waals surface area contributed by atoms with E-state index in [2.05, 4.69) is 10.3 Å². The summed E-state index contributed by atoms with van der Waals surface area (Å²) in [5, 5.41) is 18.3. The normalized spacial score (nSPS) is 17.9. The predicted molar refractivity (Wildman–Crippen MR) is 155 cm³/mol. The first-order valence-electron chi connectivity index (χ1n) is 14.0. The van der Waals surface area contributed by atoms with Crippen LogP contribution in [0, 0.1) is 19.8 Å². The van der Waals surface area contributed by atoms with Gasteiger partial charge >= 0.3 is 12.1 Å². The second-order valence-corrected chi connectivity index (χ2v) is 13.2. The van der Waals surface area contributed by atoms with Gasteiger partial charge in [-0.05, 0) is 84.7 Å². The molecule has 2 heterocycles. The van der Waals surface area contributed by atoms with Gasteiger partial charge in [-0.25, -0.2) is 13.1 Å². The highest BCUT2D eigenvalue weighted by molar-refractivity contribution is 7.89. The third kappa shape index (κ3) is 5.90. The SMILES string of the molecule is CCn1nnc2c(C)c([C@@H](CC(=O)O)c3ccc(C)c(CN4C[C@@H](C)Cc5ccc(C(F)(F)F)cc5S4(=O)=O)c3)ccc21. The molecule has 3 aromatic carbocycles. The summed E-state index contributed by atoms with van der Waals surface area (Å²) in [4.78, 5) is 11.7. The van der Waals surface area contributed by atoms with Crippen molar-refractivity contribution in [2.75, 3.05) is 6.54 Å². The van der Waals surface area contributed by atoms with E-state index in [0.717, 1.165) is 34.3 Å². The summed E-state index contributed by atoms with van der Waals surface area (Å²) < 4.78 is 71.2. The number of sulfonamides is 1. The van der Waals surface area contributed by atoms with Crippen molar-refractivity contribution in [3.05, 3.63) is 87.5 Å². The highest BCUT2D eigenvalue weighted by Gasteiger charge is 2.37. The van der Waals surface area contributed by atoms with E-state index < -0.39 is 33.7 Å². The molecule has 0 unspecified atom stereocenters. The first-order chi connectivity index (χ1) is 20.2. The molecule has 5 rings (SSSR count). The number of alkyl halides is 3. The van der Waals surface area contributed by atoms with Crippen molar-refractivity contribution in [2.45, 2.75) is 70.6 Å². The quantitative estimate of drug-likeness (QED) is 0.271. The molecule has 0 bridgehead atoms. The summed E-state index contributed by atoms with van der Waals surface area (Å²) in [6, 6.07) is 12.2.